The highest BCUT2D eigenvalue weighted by Crippen LogP contribution is 2.32. The Kier molecular flexibility index (Phi) is 5.64. The molecule has 0 atom stereocenters. The second-order valence-corrected chi connectivity index (χ2v) is 6.23. The maximum Gasteiger partial charge on any atom is 0.335 e. The van der Waals surface area contributed by atoms with Gasteiger partial charge >= 0.3 is 5.97 Å². The van der Waals surface area contributed by atoms with Crippen molar-refractivity contribution in [3.8, 4) is 0 Å². The summed E-state index contributed by atoms with van der Waals surface area (Å²) in [6.07, 6.45) is 1.31. The molecule has 0 saturated heterocycles. The lowest BCUT2D eigenvalue weighted by Gasteiger charge is -2.09. The van der Waals surface area contributed by atoms with Gasteiger partial charge < -0.3 is 5.11 Å². The van der Waals surface area contributed by atoms with Gasteiger partial charge in [-0.05, 0) is 12.5 Å². The fourth-order valence-electron chi connectivity index (χ4n) is 1.50. The van der Waals surface area contributed by atoms with Gasteiger partial charge in [0.05, 0.1) is 10.5 Å². The first-order chi connectivity index (χ1) is 9.70. The molecule has 0 aliphatic rings. The lowest BCUT2D eigenvalue weighted by atomic mass is 10.2. The smallest absolute Gasteiger partial charge is 0.335 e. The number of hydrogen-bond donors (Lipinski definition) is 2. The third kappa shape index (κ3) is 4.13. The third-order valence-corrected chi connectivity index (χ3v) is 4.57. The second kappa shape index (κ2) is 6.83. The summed E-state index contributed by atoms with van der Waals surface area (Å²) < 4.78 is 26.4. The Bertz CT molecular complexity index is 674. The molecular weight excluding hydrogens is 324 g/mol. The molecule has 0 aliphatic carbocycles. The van der Waals surface area contributed by atoms with Crippen molar-refractivity contribution in [3.05, 3.63) is 32.8 Å². The van der Waals surface area contributed by atoms with Crippen LogP contribution < -0.4 is 4.72 Å². The van der Waals surface area contributed by atoms with Crippen LogP contribution in [0.5, 0.6) is 0 Å². The topological polar surface area (TPSA) is 127 Å². The normalized spacial score (nSPS) is 11.3. The van der Waals surface area contributed by atoms with Crippen LogP contribution in [-0.4, -0.2) is 31.0 Å². The summed E-state index contributed by atoms with van der Waals surface area (Å²) in [5, 5.41) is 19.1. The third-order valence-electron chi connectivity index (χ3n) is 2.58. The summed E-state index contributed by atoms with van der Waals surface area (Å²) >= 11 is 5.72. The Morgan fingerprint density at radius 2 is 2.10 bits per heavy atom. The summed E-state index contributed by atoms with van der Waals surface area (Å²) in [7, 11) is -4.12. The predicted octanol–water partition coefficient (Wildman–Crippen LogP) is 2.02. The van der Waals surface area contributed by atoms with Gasteiger partial charge in [0.1, 0.15) is 9.92 Å². The molecule has 0 unspecified atom stereocenters. The van der Waals surface area contributed by atoms with E-state index in [1.54, 1.807) is 0 Å². The van der Waals surface area contributed by atoms with Gasteiger partial charge in [-0.3, -0.25) is 10.1 Å². The van der Waals surface area contributed by atoms with E-state index >= 15 is 0 Å². The van der Waals surface area contributed by atoms with Crippen LogP contribution in [0.4, 0.5) is 5.69 Å². The minimum atomic E-state index is -4.12. The zero-order chi connectivity index (χ0) is 16.2. The predicted molar refractivity (Wildman–Crippen MR) is 75.2 cm³/mol. The van der Waals surface area contributed by atoms with E-state index in [-0.39, 0.29) is 6.54 Å². The van der Waals surface area contributed by atoms with E-state index in [1.165, 1.54) is 0 Å². The minimum Gasteiger partial charge on any atom is -0.478 e. The number of halogens is 1. The van der Waals surface area contributed by atoms with E-state index in [0.29, 0.717) is 6.42 Å². The number of carbonyl (C=O) groups is 1. The summed E-state index contributed by atoms with van der Waals surface area (Å²) in [6, 6.07) is 1.52. The number of aromatic carboxylic acids is 1. The van der Waals surface area contributed by atoms with Crippen LogP contribution in [0.15, 0.2) is 17.0 Å². The Morgan fingerprint density at radius 3 is 2.57 bits per heavy atom. The first-order valence-electron chi connectivity index (χ1n) is 5.91. The first kappa shape index (κ1) is 17.3. The maximum absolute atomic E-state index is 12.1. The molecule has 0 aliphatic heterocycles. The number of rotatable bonds is 7. The van der Waals surface area contributed by atoms with Gasteiger partial charge in [-0.1, -0.05) is 24.9 Å². The van der Waals surface area contributed by atoms with Gasteiger partial charge in [-0.25, -0.2) is 17.9 Å². The molecule has 0 heterocycles. The number of nitro groups is 1. The Balaban J connectivity index is 3.40. The van der Waals surface area contributed by atoms with Crippen LogP contribution in [0.1, 0.15) is 30.1 Å². The average Bonchev–Trinajstić information content (AvgIpc) is 2.38. The summed E-state index contributed by atoms with van der Waals surface area (Å²) in [5.41, 5.74) is -1.30. The minimum absolute atomic E-state index is 0.125. The van der Waals surface area contributed by atoms with E-state index in [9.17, 15) is 23.3 Å². The standard InChI is InChI=1S/C11H13ClN2O6S/c1-2-3-4-13-21(19,20)9-6-7(11(15)16)5-8(10(9)12)14(17)18/h5-6,13H,2-4H2,1H3,(H,15,16). The molecule has 0 bridgehead atoms. The van der Waals surface area contributed by atoms with Crippen molar-refractivity contribution < 1.29 is 23.2 Å². The number of nitrogens with one attached hydrogen (secondary N) is 1. The van der Waals surface area contributed by atoms with Crippen molar-refractivity contribution in [1.82, 2.24) is 4.72 Å². The number of carboxylic acid groups (broad SMARTS) is 1. The van der Waals surface area contributed by atoms with E-state index in [1.807, 2.05) is 6.92 Å². The fourth-order valence-corrected chi connectivity index (χ4v) is 3.17. The molecule has 1 aromatic carbocycles. The maximum atomic E-state index is 12.1. The molecule has 0 spiro atoms. The highest BCUT2D eigenvalue weighted by Gasteiger charge is 2.27. The number of carboxylic acids is 1. The van der Waals surface area contributed by atoms with E-state index in [4.69, 9.17) is 16.7 Å². The molecule has 0 aromatic heterocycles. The Morgan fingerprint density at radius 1 is 1.48 bits per heavy atom. The van der Waals surface area contributed by atoms with Crippen molar-refractivity contribution >= 4 is 33.3 Å². The molecule has 8 nitrogen and oxygen atoms in total. The Hall–Kier alpha value is -1.71. The molecule has 0 fully saturated rings. The number of nitro benzene ring substituents is 1. The number of nitrogens with zero attached hydrogens (tertiary/aromatic N) is 1. The second-order valence-electron chi connectivity index (χ2n) is 4.12. The lowest BCUT2D eigenvalue weighted by molar-refractivity contribution is -0.384. The molecule has 2 N–H and O–H groups in total. The van der Waals surface area contributed by atoms with Crippen LogP contribution in [0, 0.1) is 10.1 Å². The van der Waals surface area contributed by atoms with Crippen molar-refractivity contribution in [2.75, 3.05) is 6.54 Å². The molecule has 1 rings (SSSR count). The van der Waals surface area contributed by atoms with E-state index < -0.39 is 42.1 Å². The van der Waals surface area contributed by atoms with Crippen molar-refractivity contribution in [2.45, 2.75) is 24.7 Å². The molecule has 116 valence electrons. The summed E-state index contributed by atoms with van der Waals surface area (Å²) in [5.74, 6) is -1.49. The highest BCUT2D eigenvalue weighted by atomic mass is 35.5. The molecule has 21 heavy (non-hydrogen) atoms. The fraction of sp³-hybridized carbons (Fsp3) is 0.364. The Labute approximate surface area is 125 Å². The van der Waals surface area contributed by atoms with E-state index in [2.05, 4.69) is 4.72 Å². The summed E-state index contributed by atoms with van der Waals surface area (Å²) in [6.45, 7) is 1.98. The molecule has 0 saturated carbocycles. The molecule has 1 aromatic rings. The van der Waals surface area contributed by atoms with Crippen LogP contribution in [0.2, 0.25) is 5.02 Å². The molecule has 10 heteroatoms. The first-order valence-corrected chi connectivity index (χ1v) is 7.77. The van der Waals surface area contributed by atoms with Gasteiger partial charge in [0.15, 0.2) is 0 Å². The van der Waals surface area contributed by atoms with E-state index in [0.717, 1.165) is 18.6 Å². The zero-order valence-electron chi connectivity index (χ0n) is 11.0. The zero-order valence-corrected chi connectivity index (χ0v) is 12.6. The largest absolute Gasteiger partial charge is 0.478 e. The number of benzene rings is 1. The van der Waals surface area contributed by atoms with Crippen LogP contribution >= 0.6 is 11.6 Å². The molecule has 0 amide bonds. The lowest BCUT2D eigenvalue weighted by Crippen LogP contribution is -2.25. The summed E-state index contributed by atoms with van der Waals surface area (Å²) in [4.78, 5) is 20.2. The quantitative estimate of drug-likeness (QED) is 0.445. The molecular formula is C11H13ClN2O6S. The van der Waals surface area contributed by atoms with Crippen LogP contribution in [-0.2, 0) is 10.0 Å². The van der Waals surface area contributed by atoms with Gasteiger partial charge in [-0.2, -0.15) is 0 Å². The van der Waals surface area contributed by atoms with Gasteiger partial charge in [0, 0.05) is 12.6 Å². The van der Waals surface area contributed by atoms with Crippen molar-refractivity contribution in [2.24, 2.45) is 0 Å². The van der Waals surface area contributed by atoms with Gasteiger partial charge in [0.25, 0.3) is 5.69 Å². The number of sulfonamides is 1. The van der Waals surface area contributed by atoms with Gasteiger partial charge in [-0.15, -0.1) is 0 Å². The SMILES string of the molecule is CCCCNS(=O)(=O)c1cc(C(=O)O)cc([N+](=O)[O-])c1Cl. The number of unbranched alkanes of at least 4 members (excludes halogenated alkanes) is 1. The van der Waals surface area contributed by atoms with Gasteiger partial charge in [0.2, 0.25) is 10.0 Å². The van der Waals surface area contributed by atoms with Crippen LogP contribution in [0.25, 0.3) is 0 Å². The van der Waals surface area contributed by atoms with Crippen molar-refractivity contribution in [3.63, 3.8) is 0 Å². The monoisotopic (exact) mass is 336 g/mol. The van der Waals surface area contributed by atoms with Crippen molar-refractivity contribution in [1.29, 1.82) is 0 Å². The average molecular weight is 337 g/mol. The highest BCUT2D eigenvalue weighted by molar-refractivity contribution is 7.89. The number of hydrogen-bond acceptors (Lipinski definition) is 5. The molecule has 0 radical (unpaired) electrons. The van der Waals surface area contributed by atoms with Crippen LogP contribution in [0.3, 0.4) is 0 Å².